The first kappa shape index (κ1) is 23.4. The second kappa shape index (κ2) is 9.38. The van der Waals surface area contributed by atoms with Crippen molar-refractivity contribution >= 4 is 16.9 Å². The number of hydrogen-bond donors (Lipinski definition) is 0. The molecule has 182 valence electrons. The minimum atomic E-state index is -0.463. The van der Waals surface area contributed by atoms with E-state index < -0.39 is 5.63 Å². The zero-order valence-electron chi connectivity index (χ0n) is 20.4. The highest BCUT2D eigenvalue weighted by molar-refractivity contribution is 6.01. The summed E-state index contributed by atoms with van der Waals surface area (Å²) in [4.78, 5) is 25.3. The fourth-order valence-corrected chi connectivity index (χ4v) is 4.75. The number of methoxy groups -OCH3 is 1. The first-order valence-electron chi connectivity index (χ1n) is 11.7. The van der Waals surface area contributed by atoms with Crippen LogP contribution in [0.4, 0.5) is 0 Å². The van der Waals surface area contributed by atoms with Crippen LogP contribution in [0.25, 0.3) is 22.1 Å². The number of hydrogen-bond acceptors (Lipinski definition) is 6. The van der Waals surface area contributed by atoms with Gasteiger partial charge >= 0.3 is 11.6 Å². The summed E-state index contributed by atoms with van der Waals surface area (Å²) in [6.45, 7) is 8.08. The largest absolute Gasteiger partial charge is 0.493 e. The van der Waals surface area contributed by atoms with E-state index in [2.05, 4.69) is 6.58 Å². The monoisotopic (exact) mass is 482 g/mol. The van der Waals surface area contributed by atoms with Crippen LogP contribution < -0.4 is 19.8 Å². The molecule has 1 aromatic heterocycles. The first-order valence-corrected chi connectivity index (χ1v) is 11.7. The predicted octanol–water partition coefficient (Wildman–Crippen LogP) is 6.17. The van der Waals surface area contributed by atoms with Crippen molar-refractivity contribution in [3.05, 3.63) is 99.9 Å². The SMILES string of the molecule is C=C(C)COc1ccc(C2CC(=O)Oc3c2c(C)cc2oc(=O)cc(-c4ccccc4)c32)cc1OC. The molecule has 0 aliphatic carbocycles. The van der Waals surface area contributed by atoms with E-state index in [-0.39, 0.29) is 18.3 Å². The minimum absolute atomic E-state index is 0.173. The number of carbonyl (C=O) groups is 1. The second-order valence-corrected chi connectivity index (χ2v) is 9.04. The van der Waals surface area contributed by atoms with Gasteiger partial charge in [-0.25, -0.2) is 4.79 Å². The van der Waals surface area contributed by atoms with E-state index >= 15 is 0 Å². The normalized spacial score (nSPS) is 14.8. The Morgan fingerprint density at radius 2 is 1.83 bits per heavy atom. The van der Waals surface area contributed by atoms with Crippen LogP contribution in [0.5, 0.6) is 17.2 Å². The van der Waals surface area contributed by atoms with Crippen LogP contribution in [0.15, 0.2) is 82.0 Å². The van der Waals surface area contributed by atoms with E-state index in [1.54, 1.807) is 7.11 Å². The predicted molar refractivity (Wildman–Crippen MR) is 138 cm³/mol. The summed E-state index contributed by atoms with van der Waals surface area (Å²) < 4.78 is 22.8. The number of benzene rings is 3. The third kappa shape index (κ3) is 4.26. The Hall–Kier alpha value is -4.32. The highest BCUT2D eigenvalue weighted by Gasteiger charge is 2.33. The van der Waals surface area contributed by atoms with Crippen molar-refractivity contribution < 1.29 is 23.4 Å². The molecule has 2 heterocycles. The first-order chi connectivity index (χ1) is 17.4. The van der Waals surface area contributed by atoms with Crippen LogP contribution >= 0.6 is 0 Å². The molecule has 0 bridgehead atoms. The second-order valence-electron chi connectivity index (χ2n) is 9.04. The Bertz CT molecular complexity index is 1550. The quantitative estimate of drug-likeness (QED) is 0.142. The fourth-order valence-electron chi connectivity index (χ4n) is 4.75. The maximum Gasteiger partial charge on any atom is 0.336 e. The lowest BCUT2D eigenvalue weighted by atomic mass is 9.82. The summed E-state index contributed by atoms with van der Waals surface area (Å²) >= 11 is 0. The van der Waals surface area contributed by atoms with Gasteiger partial charge in [-0.15, -0.1) is 0 Å². The van der Waals surface area contributed by atoms with E-state index in [1.165, 1.54) is 6.07 Å². The maximum atomic E-state index is 12.9. The molecule has 1 atom stereocenters. The van der Waals surface area contributed by atoms with Gasteiger partial charge in [0, 0.05) is 23.1 Å². The van der Waals surface area contributed by atoms with Crippen LogP contribution in [0, 0.1) is 6.92 Å². The zero-order valence-corrected chi connectivity index (χ0v) is 20.4. The molecule has 1 aliphatic heterocycles. The van der Waals surface area contributed by atoms with Crippen molar-refractivity contribution in [1.29, 1.82) is 0 Å². The number of rotatable bonds is 6. The molecule has 1 unspecified atom stereocenters. The average Bonchev–Trinajstić information content (AvgIpc) is 2.86. The summed E-state index contributed by atoms with van der Waals surface area (Å²) in [7, 11) is 1.59. The molecule has 3 aromatic carbocycles. The number of fused-ring (bicyclic) bond motifs is 3. The molecular weight excluding hydrogens is 456 g/mol. The third-order valence-corrected chi connectivity index (χ3v) is 6.32. The Labute approximate surface area is 208 Å². The topological polar surface area (TPSA) is 75.0 Å². The molecular formula is C30H26O6. The lowest BCUT2D eigenvalue weighted by Gasteiger charge is -2.28. The molecule has 0 radical (unpaired) electrons. The number of carbonyl (C=O) groups excluding carboxylic acids is 1. The van der Waals surface area contributed by atoms with Gasteiger partial charge < -0.3 is 18.6 Å². The molecule has 0 N–H and O–H groups in total. The fraction of sp³-hybridized carbons (Fsp3) is 0.200. The molecule has 6 nitrogen and oxygen atoms in total. The lowest BCUT2D eigenvalue weighted by Crippen LogP contribution is -2.22. The average molecular weight is 483 g/mol. The van der Waals surface area contributed by atoms with Gasteiger partial charge in [-0.2, -0.15) is 0 Å². The molecule has 0 saturated heterocycles. The van der Waals surface area contributed by atoms with Gasteiger partial charge in [0.1, 0.15) is 17.9 Å². The number of aryl methyl sites for hydroxylation is 1. The summed E-state index contributed by atoms with van der Waals surface area (Å²) in [5, 5.41) is 0.604. The third-order valence-electron chi connectivity index (χ3n) is 6.32. The molecule has 0 fully saturated rings. The Morgan fingerprint density at radius 1 is 1.06 bits per heavy atom. The maximum absolute atomic E-state index is 12.9. The molecule has 36 heavy (non-hydrogen) atoms. The van der Waals surface area contributed by atoms with Gasteiger partial charge in [-0.3, -0.25) is 4.79 Å². The van der Waals surface area contributed by atoms with Crippen molar-refractivity contribution in [3.63, 3.8) is 0 Å². The molecule has 0 amide bonds. The van der Waals surface area contributed by atoms with Gasteiger partial charge in [0.25, 0.3) is 0 Å². The van der Waals surface area contributed by atoms with Crippen LogP contribution in [-0.2, 0) is 4.79 Å². The van der Waals surface area contributed by atoms with E-state index in [0.717, 1.165) is 27.8 Å². The summed E-state index contributed by atoms with van der Waals surface area (Å²) in [5.41, 5.74) is 4.95. The Kier molecular flexibility index (Phi) is 6.10. The molecule has 6 heteroatoms. The zero-order chi connectivity index (χ0) is 25.4. The highest BCUT2D eigenvalue weighted by Crippen LogP contribution is 2.48. The Balaban J connectivity index is 1.71. The van der Waals surface area contributed by atoms with Crippen LogP contribution in [0.3, 0.4) is 0 Å². The van der Waals surface area contributed by atoms with Gasteiger partial charge in [0.15, 0.2) is 11.5 Å². The standard InChI is InChI=1S/C30H26O6/c1-17(2)16-34-23-11-10-20(13-24(23)33-4)22-15-27(32)36-30-28(22)18(3)12-25-29(30)21(14-26(31)35-25)19-8-6-5-7-9-19/h5-14,22H,1,15-16H2,2-4H3. The number of ether oxygens (including phenoxy) is 3. The van der Waals surface area contributed by atoms with Crippen LogP contribution in [0.1, 0.15) is 36.0 Å². The van der Waals surface area contributed by atoms with Crippen molar-refractivity contribution in [2.75, 3.05) is 13.7 Å². The highest BCUT2D eigenvalue weighted by atomic mass is 16.5. The molecule has 4 aromatic rings. The van der Waals surface area contributed by atoms with E-state index in [0.29, 0.717) is 40.4 Å². The summed E-state index contributed by atoms with van der Waals surface area (Å²) in [6, 6.07) is 18.5. The van der Waals surface area contributed by atoms with E-state index in [9.17, 15) is 9.59 Å². The molecule has 0 saturated carbocycles. The molecule has 1 aliphatic rings. The van der Waals surface area contributed by atoms with Gasteiger partial charge in [-0.05, 0) is 54.3 Å². The Morgan fingerprint density at radius 3 is 2.56 bits per heavy atom. The van der Waals surface area contributed by atoms with Crippen LogP contribution in [-0.4, -0.2) is 19.7 Å². The van der Waals surface area contributed by atoms with E-state index in [1.807, 2.05) is 68.4 Å². The van der Waals surface area contributed by atoms with E-state index in [4.69, 9.17) is 18.6 Å². The van der Waals surface area contributed by atoms with Crippen molar-refractivity contribution in [1.82, 2.24) is 0 Å². The smallest absolute Gasteiger partial charge is 0.336 e. The molecule has 5 rings (SSSR count). The minimum Gasteiger partial charge on any atom is -0.493 e. The van der Waals surface area contributed by atoms with Crippen LogP contribution in [0.2, 0.25) is 0 Å². The lowest BCUT2D eigenvalue weighted by molar-refractivity contribution is -0.135. The van der Waals surface area contributed by atoms with Gasteiger partial charge in [-0.1, -0.05) is 43.0 Å². The van der Waals surface area contributed by atoms with Crippen molar-refractivity contribution in [2.45, 2.75) is 26.2 Å². The van der Waals surface area contributed by atoms with Gasteiger partial charge in [0.05, 0.1) is 18.9 Å². The van der Waals surface area contributed by atoms with Crippen molar-refractivity contribution in [3.8, 4) is 28.4 Å². The summed E-state index contributed by atoms with van der Waals surface area (Å²) in [6.07, 6.45) is 0.173. The summed E-state index contributed by atoms with van der Waals surface area (Å²) in [5.74, 6) is 0.974. The van der Waals surface area contributed by atoms with Crippen molar-refractivity contribution in [2.24, 2.45) is 0 Å². The molecule has 0 spiro atoms. The number of esters is 1. The van der Waals surface area contributed by atoms with Gasteiger partial charge in [0.2, 0.25) is 0 Å².